The number of nitrogens with one attached hydrogen (secondary N) is 1. The van der Waals surface area contributed by atoms with E-state index >= 15 is 0 Å². The number of nitrogen functional groups attached to an aromatic ring is 1. The number of halogens is 1. The molecule has 1 aliphatic carbocycles. The van der Waals surface area contributed by atoms with Crippen LogP contribution < -0.4 is 11.1 Å². The van der Waals surface area contributed by atoms with Gasteiger partial charge in [0.2, 0.25) is 0 Å². The summed E-state index contributed by atoms with van der Waals surface area (Å²) in [6.45, 7) is 2.27. The molecule has 0 unspecified atom stereocenters. The van der Waals surface area contributed by atoms with Crippen LogP contribution in [-0.2, 0) is 4.74 Å². The number of rotatable bonds is 6. The van der Waals surface area contributed by atoms with E-state index in [1.807, 2.05) is 0 Å². The van der Waals surface area contributed by atoms with Crippen molar-refractivity contribution in [3.63, 3.8) is 0 Å². The summed E-state index contributed by atoms with van der Waals surface area (Å²) >= 11 is 5.96. The van der Waals surface area contributed by atoms with Crippen molar-refractivity contribution in [2.75, 3.05) is 30.8 Å². The lowest BCUT2D eigenvalue weighted by molar-refractivity contribution is 0.134. The summed E-state index contributed by atoms with van der Waals surface area (Å²) in [7, 11) is 0. The minimum Gasteiger partial charge on any atom is -0.397 e. The van der Waals surface area contributed by atoms with Crippen molar-refractivity contribution >= 4 is 23.1 Å². The van der Waals surface area contributed by atoms with Gasteiger partial charge >= 0.3 is 0 Å². The Balaban J connectivity index is 1.67. The summed E-state index contributed by atoms with van der Waals surface area (Å²) in [5.41, 5.74) is 6.11. The molecule has 3 N–H and O–H groups in total. The van der Waals surface area contributed by atoms with E-state index in [-0.39, 0.29) is 0 Å². The first-order valence-corrected chi connectivity index (χ1v) is 5.86. The van der Waals surface area contributed by atoms with Gasteiger partial charge in [0.05, 0.1) is 23.5 Å². The molecule has 88 valence electrons. The molecule has 1 fully saturated rings. The molecule has 0 radical (unpaired) electrons. The molecule has 0 saturated heterocycles. The lowest BCUT2D eigenvalue weighted by Gasteiger charge is -2.08. The first-order valence-electron chi connectivity index (χ1n) is 5.48. The maximum atomic E-state index is 5.96. The highest BCUT2D eigenvalue weighted by atomic mass is 35.5. The van der Waals surface area contributed by atoms with Crippen molar-refractivity contribution in [2.24, 2.45) is 5.92 Å². The Morgan fingerprint density at radius 1 is 1.56 bits per heavy atom. The Hall–Kier alpha value is -1.00. The van der Waals surface area contributed by atoms with E-state index in [1.165, 1.54) is 12.8 Å². The largest absolute Gasteiger partial charge is 0.397 e. The van der Waals surface area contributed by atoms with Gasteiger partial charge in [-0.3, -0.25) is 0 Å². The van der Waals surface area contributed by atoms with E-state index in [4.69, 9.17) is 22.1 Å². The van der Waals surface area contributed by atoms with E-state index in [0.29, 0.717) is 29.7 Å². The number of pyridine rings is 1. The zero-order valence-electron chi connectivity index (χ0n) is 9.08. The fourth-order valence-corrected chi connectivity index (χ4v) is 1.60. The average molecular weight is 242 g/mol. The number of ether oxygens (including phenoxy) is 1. The third-order valence-corrected chi connectivity index (χ3v) is 2.74. The summed E-state index contributed by atoms with van der Waals surface area (Å²) in [6, 6.07) is 1.68. The molecule has 4 nitrogen and oxygen atoms in total. The van der Waals surface area contributed by atoms with Gasteiger partial charge in [0.15, 0.2) is 0 Å². The van der Waals surface area contributed by atoms with Gasteiger partial charge in [-0.1, -0.05) is 11.6 Å². The van der Waals surface area contributed by atoms with Gasteiger partial charge in [0.25, 0.3) is 0 Å². The van der Waals surface area contributed by atoms with Crippen LogP contribution in [0.25, 0.3) is 0 Å². The van der Waals surface area contributed by atoms with Crippen LogP contribution in [0, 0.1) is 5.92 Å². The molecule has 1 aliphatic rings. The fourth-order valence-electron chi connectivity index (χ4n) is 1.36. The first kappa shape index (κ1) is 11.5. The molecule has 0 bridgehead atoms. The van der Waals surface area contributed by atoms with Gasteiger partial charge in [-0.05, 0) is 24.8 Å². The molecular formula is C11H16ClN3O. The number of hydrogen-bond acceptors (Lipinski definition) is 4. The maximum Gasteiger partial charge on any atom is 0.144 e. The fraction of sp³-hybridized carbons (Fsp3) is 0.545. The van der Waals surface area contributed by atoms with Crippen LogP contribution >= 0.6 is 11.6 Å². The summed E-state index contributed by atoms with van der Waals surface area (Å²) < 4.78 is 5.48. The van der Waals surface area contributed by atoms with Crippen LogP contribution in [0.15, 0.2) is 12.3 Å². The predicted octanol–water partition coefficient (Wildman–Crippen LogP) is 2.16. The van der Waals surface area contributed by atoms with Crippen molar-refractivity contribution < 1.29 is 4.74 Å². The molecule has 1 aromatic rings. The molecule has 1 aromatic heterocycles. The molecule has 1 heterocycles. The zero-order chi connectivity index (χ0) is 11.4. The smallest absolute Gasteiger partial charge is 0.144 e. The summed E-state index contributed by atoms with van der Waals surface area (Å²) in [6.07, 6.45) is 4.22. The van der Waals surface area contributed by atoms with E-state index in [9.17, 15) is 0 Å². The molecular weight excluding hydrogens is 226 g/mol. The second-order valence-electron chi connectivity index (χ2n) is 4.04. The standard InChI is InChI=1S/C11H16ClN3O/c12-10-5-9(13)6-15-11(10)14-3-4-16-7-8-1-2-8/h5-6,8H,1-4,7,13H2,(H,14,15). The Morgan fingerprint density at radius 2 is 2.38 bits per heavy atom. The number of hydrogen-bond donors (Lipinski definition) is 2. The van der Waals surface area contributed by atoms with Crippen LogP contribution in [0.4, 0.5) is 11.5 Å². The average Bonchev–Trinajstić information content (AvgIpc) is 3.04. The summed E-state index contributed by atoms with van der Waals surface area (Å²) in [5, 5.41) is 3.65. The molecule has 0 aromatic carbocycles. The van der Waals surface area contributed by atoms with Gasteiger partial charge in [-0.25, -0.2) is 4.98 Å². The zero-order valence-corrected chi connectivity index (χ0v) is 9.83. The highest BCUT2D eigenvalue weighted by molar-refractivity contribution is 6.33. The third kappa shape index (κ3) is 3.54. The Labute approximate surface area is 100 Å². The lowest BCUT2D eigenvalue weighted by atomic mass is 10.4. The van der Waals surface area contributed by atoms with Gasteiger partial charge in [-0.15, -0.1) is 0 Å². The highest BCUT2D eigenvalue weighted by Gasteiger charge is 2.20. The van der Waals surface area contributed by atoms with Gasteiger partial charge in [-0.2, -0.15) is 0 Å². The quantitative estimate of drug-likeness (QED) is 0.750. The van der Waals surface area contributed by atoms with E-state index < -0.39 is 0 Å². The van der Waals surface area contributed by atoms with Crippen molar-refractivity contribution in [3.05, 3.63) is 17.3 Å². The van der Waals surface area contributed by atoms with Crippen molar-refractivity contribution in [3.8, 4) is 0 Å². The van der Waals surface area contributed by atoms with Crippen LogP contribution in [-0.4, -0.2) is 24.7 Å². The molecule has 0 aliphatic heterocycles. The van der Waals surface area contributed by atoms with E-state index in [1.54, 1.807) is 12.3 Å². The monoisotopic (exact) mass is 241 g/mol. The summed E-state index contributed by atoms with van der Waals surface area (Å²) in [5.74, 6) is 1.46. The van der Waals surface area contributed by atoms with E-state index in [2.05, 4.69) is 10.3 Å². The number of anilines is 2. The summed E-state index contributed by atoms with van der Waals surface area (Å²) in [4.78, 5) is 4.10. The van der Waals surface area contributed by atoms with E-state index in [0.717, 1.165) is 12.5 Å². The second kappa shape index (κ2) is 5.37. The highest BCUT2D eigenvalue weighted by Crippen LogP contribution is 2.28. The molecule has 5 heteroatoms. The van der Waals surface area contributed by atoms with Gasteiger partial charge in [0, 0.05) is 13.2 Å². The van der Waals surface area contributed by atoms with Crippen molar-refractivity contribution in [1.29, 1.82) is 0 Å². The number of nitrogens with two attached hydrogens (primary N) is 1. The molecule has 0 atom stereocenters. The maximum absolute atomic E-state index is 5.96. The van der Waals surface area contributed by atoms with Crippen LogP contribution in [0.2, 0.25) is 5.02 Å². The van der Waals surface area contributed by atoms with Crippen molar-refractivity contribution in [1.82, 2.24) is 4.98 Å². The number of aromatic nitrogens is 1. The van der Waals surface area contributed by atoms with Crippen LogP contribution in [0.1, 0.15) is 12.8 Å². The minimum atomic E-state index is 0.544. The molecule has 0 spiro atoms. The Kier molecular flexibility index (Phi) is 3.85. The first-order chi connectivity index (χ1) is 7.75. The minimum absolute atomic E-state index is 0.544. The molecule has 1 saturated carbocycles. The normalized spacial score (nSPS) is 15.1. The lowest BCUT2D eigenvalue weighted by Crippen LogP contribution is -2.11. The third-order valence-electron chi connectivity index (χ3n) is 2.45. The SMILES string of the molecule is Nc1cnc(NCCOCC2CC2)c(Cl)c1. The van der Waals surface area contributed by atoms with Gasteiger partial charge < -0.3 is 15.8 Å². The Bertz CT molecular complexity index is 355. The van der Waals surface area contributed by atoms with Crippen LogP contribution in [0.3, 0.4) is 0 Å². The van der Waals surface area contributed by atoms with Crippen molar-refractivity contribution in [2.45, 2.75) is 12.8 Å². The topological polar surface area (TPSA) is 60.2 Å². The second-order valence-corrected chi connectivity index (χ2v) is 4.45. The number of nitrogens with zero attached hydrogens (tertiary/aromatic N) is 1. The molecule has 2 rings (SSSR count). The Morgan fingerprint density at radius 3 is 3.06 bits per heavy atom. The van der Waals surface area contributed by atoms with Crippen LogP contribution in [0.5, 0.6) is 0 Å². The van der Waals surface area contributed by atoms with Gasteiger partial charge in [0.1, 0.15) is 5.82 Å². The molecule has 16 heavy (non-hydrogen) atoms. The predicted molar refractivity (Wildman–Crippen MR) is 65.7 cm³/mol. The molecule has 0 amide bonds.